The molecule has 2 rings (SSSR count). The predicted molar refractivity (Wildman–Crippen MR) is 87.1 cm³/mol. The lowest BCUT2D eigenvalue weighted by atomic mass is 9.87. The van der Waals surface area contributed by atoms with Crippen LogP contribution in [0, 0.1) is 0 Å². The van der Waals surface area contributed by atoms with Crippen molar-refractivity contribution < 1.29 is 14.6 Å². The lowest BCUT2D eigenvalue weighted by Crippen LogP contribution is -2.51. The molecule has 1 saturated heterocycles. The second-order valence-electron chi connectivity index (χ2n) is 6.83. The SMILES string of the molecule is CC(C)(C)OC(=O)N1C[C@H](c2ccccc2)C([Si])C[C@H]1CO. The Balaban J connectivity index is 2.18. The quantitative estimate of drug-likeness (QED) is 0.853. The first-order valence-corrected chi connectivity index (χ1v) is 8.26. The fourth-order valence-electron chi connectivity index (χ4n) is 2.83. The van der Waals surface area contributed by atoms with Crippen LogP contribution >= 0.6 is 0 Å². The molecule has 3 radical (unpaired) electrons. The summed E-state index contributed by atoms with van der Waals surface area (Å²) < 4.78 is 5.49. The summed E-state index contributed by atoms with van der Waals surface area (Å²) in [5.41, 5.74) is 0.870. The molecule has 0 bridgehead atoms. The number of ether oxygens (including phenoxy) is 1. The molecule has 1 aliphatic rings. The number of piperidine rings is 1. The van der Waals surface area contributed by atoms with Gasteiger partial charge < -0.3 is 14.7 Å². The van der Waals surface area contributed by atoms with E-state index in [4.69, 9.17) is 4.74 Å². The standard InChI is InChI=1S/C17H24NO3Si/c1-17(2,3)21-16(20)18-10-14(12-7-5-4-6-8-12)15(22)9-13(18)11-19/h4-8,13-15,19H,9-11H2,1-3H3/t13-,14+,15?/m0/s1. The molecule has 1 amide bonds. The number of benzene rings is 1. The van der Waals surface area contributed by atoms with Crippen LogP contribution in [-0.2, 0) is 4.74 Å². The molecule has 4 nitrogen and oxygen atoms in total. The third-order valence-electron chi connectivity index (χ3n) is 3.91. The second kappa shape index (κ2) is 6.83. The topological polar surface area (TPSA) is 49.8 Å². The van der Waals surface area contributed by atoms with E-state index in [2.05, 4.69) is 22.4 Å². The number of likely N-dealkylation sites (tertiary alicyclic amines) is 1. The molecule has 1 aliphatic heterocycles. The molecule has 0 aliphatic carbocycles. The highest BCUT2D eigenvalue weighted by molar-refractivity contribution is 6.12. The first-order valence-electron chi connectivity index (χ1n) is 7.68. The van der Waals surface area contributed by atoms with Gasteiger partial charge in [0.15, 0.2) is 0 Å². The highest BCUT2D eigenvalue weighted by atomic mass is 28.1. The van der Waals surface area contributed by atoms with Crippen LogP contribution in [0.1, 0.15) is 38.7 Å². The number of aliphatic hydroxyl groups excluding tert-OH is 1. The van der Waals surface area contributed by atoms with Crippen LogP contribution in [0.15, 0.2) is 30.3 Å². The molecule has 0 saturated carbocycles. The minimum Gasteiger partial charge on any atom is -0.444 e. The summed E-state index contributed by atoms with van der Waals surface area (Å²) in [4.78, 5) is 14.1. The molecule has 3 atom stereocenters. The van der Waals surface area contributed by atoms with Crippen LogP contribution in [0.4, 0.5) is 4.79 Å². The minimum atomic E-state index is -0.538. The maximum Gasteiger partial charge on any atom is 0.410 e. The lowest BCUT2D eigenvalue weighted by Gasteiger charge is -2.42. The fourth-order valence-corrected chi connectivity index (χ4v) is 3.40. The van der Waals surface area contributed by atoms with Crippen molar-refractivity contribution in [3.8, 4) is 0 Å². The van der Waals surface area contributed by atoms with Crippen molar-refractivity contribution in [3.05, 3.63) is 35.9 Å². The van der Waals surface area contributed by atoms with E-state index >= 15 is 0 Å². The molecular weight excluding hydrogens is 294 g/mol. The summed E-state index contributed by atoms with van der Waals surface area (Å²) >= 11 is 0. The highest BCUT2D eigenvalue weighted by Crippen LogP contribution is 2.37. The monoisotopic (exact) mass is 318 g/mol. The smallest absolute Gasteiger partial charge is 0.410 e. The Labute approximate surface area is 135 Å². The van der Waals surface area contributed by atoms with Crippen molar-refractivity contribution in [2.75, 3.05) is 13.2 Å². The van der Waals surface area contributed by atoms with Crippen LogP contribution in [0.25, 0.3) is 0 Å². The highest BCUT2D eigenvalue weighted by Gasteiger charge is 2.38. The molecule has 0 aromatic heterocycles. The first kappa shape index (κ1) is 17.0. The second-order valence-corrected chi connectivity index (χ2v) is 7.57. The largest absolute Gasteiger partial charge is 0.444 e. The molecule has 22 heavy (non-hydrogen) atoms. The van der Waals surface area contributed by atoms with Crippen molar-refractivity contribution in [2.24, 2.45) is 0 Å². The van der Waals surface area contributed by atoms with Gasteiger partial charge in [-0.25, -0.2) is 4.79 Å². The minimum absolute atomic E-state index is 0.0538. The number of aliphatic hydroxyl groups is 1. The molecule has 1 N–H and O–H groups in total. The van der Waals surface area contributed by atoms with Gasteiger partial charge in [0, 0.05) is 22.7 Å². The average Bonchev–Trinajstić information content (AvgIpc) is 2.45. The van der Waals surface area contributed by atoms with Gasteiger partial charge in [-0.3, -0.25) is 0 Å². The number of carbonyl (C=O) groups is 1. The predicted octanol–water partition coefficient (Wildman–Crippen LogP) is 2.73. The van der Waals surface area contributed by atoms with Gasteiger partial charge in [0.05, 0.1) is 12.6 Å². The van der Waals surface area contributed by atoms with E-state index in [1.54, 1.807) is 4.90 Å². The van der Waals surface area contributed by atoms with Crippen LogP contribution in [0.3, 0.4) is 0 Å². The summed E-state index contributed by atoms with van der Waals surface area (Å²) in [6.07, 6.45) is 0.345. The number of carbonyl (C=O) groups excluding carboxylic acids is 1. The Kier molecular flexibility index (Phi) is 5.29. The molecule has 0 spiro atoms. The summed E-state index contributed by atoms with van der Waals surface area (Å²) in [6, 6.07) is 9.93. The van der Waals surface area contributed by atoms with Gasteiger partial charge in [0.2, 0.25) is 0 Å². The Hall–Kier alpha value is -1.33. The summed E-state index contributed by atoms with van der Waals surface area (Å²) in [5.74, 6) is 0.188. The molecule has 1 heterocycles. The van der Waals surface area contributed by atoms with Crippen molar-refractivity contribution >= 4 is 16.3 Å². The van der Waals surface area contributed by atoms with Crippen molar-refractivity contribution in [1.29, 1.82) is 0 Å². The van der Waals surface area contributed by atoms with Crippen LogP contribution in [-0.4, -0.2) is 51.1 Å². The Bertz CT molecular complexity index is 500. The van der Waals surface area contributed by atoms with Gasteiger partial charge in [-0.2, -0.15) is 0 Å². The molecule has 1 unspecified atom stereocenters. The van der Waals surface area contributed by atoms with Crippen LogP contribution < -0.4 is 0 Å². The average molecular weight is 318 g/mol. The summed E-state index contributed by atoms with van der Waals surface area (Å²) in [7, 11) is 3.78. The zero-order valence-electron chi connectivity index (χ0n) is 13.5. The van der Waals surface area contributed by atoms with E-state index in [-0.39, 0.29) is 30.2 Å². The molecule has 1 aromatic carbocycles. The third kappa shape index (κ3) is 4.11. The van der Waals surface area contributed by atoms with E-state index in [9.17, 15) is 9.90 Å². The van der Waals surface area contributed by atoms with Crippen molar-refractivity contribution in [3.63, 3.8) is 0 Å². The Morgan fingerprint density at radius 1 is 1.36 bits per heavy atom. The number of amides is 1. The summed E-state index contributed by atoms with van der Waals surface area (Å²) in [5, 5.41) is 9.61. The Morgan fingerprint density at radius 2 is 2.00 bits per heavy atom. The molecule has 1 aromatic rings. The zero-order valence-corrected chi connectivity index (χ0v) is 14.5. The Morgan fingerprint density at radius 3 is 2.55 bits per heavy atom. The molecule has 5 heteroatoms. The fraction of sp³-hybridized carbons (Fsp3) is 0.588. The number of hydrogen-bond donors (Lipinski definition) is 1. The number of nitrogens with zero attached hydrogens (tertiary/aromatic N) is 1. The normalized spacial score (nSPS) is 25.9. The molecular formula is C17H24NO3Si. The van der Waals surface area contributed by atoms with Gasteiger partial charge in [-0.1, -0.05) is 30.3 Å². The maximum absolute atomic E-state index is 12.4. The number of hydrogen-bond acceptors (Lipinski definition) is 3. The number of rotatable bonds is 2. The van der Waals surface area contributed by atoms with Crippen LogP contribution in [0.2, 0.25) is 5.54 Å². The van der Waals surface area contributed by atoms with E-state index in [1.807, 2.05) is 39.0 Å². The van der Waals surface area contributed by atoms with E-state index in [1.165, 1.54) is 5.56 Å². The van der Waals surface area contributed by atoms with E-state index in [0.29, 0.717) is 13.0 Å². The van der Waals surface area contributed by atoms with Crippen LogP contribution in [0.5, 0.6) is 0 Å². The maximum atomic E-state index is 12.4. The van der Waals surface area contributed by atoms with Gasteiger partial charge in [-0.15, -0.1) is 0 Å². The molecule has 1 fully saturated rings. The van der Waals surface area contributed by atoms with E-state index in [0.717, 1.165) is 0 Å². The summed E-state index contributed by atoms with van der Waals surface area (Å²) in [6.45, 7) is 6.04. The van der Waals surface area contributed by atoms with Crippen molar-refractivity contribution in [2.45, 2.75) is 50.3 Å². The third-order valence-corrected chi connectivity index (χ3v) is 4.55. The van der Waals surface area contributed by atoms with Crippen molar-refractivity contribution in [1.82, 2.24) is 4.90 Å². The van der Waals surface area contributed by atoms with Gasteiger partial charge in [0.1, 0.15) is 5.60 Å². The molecule has 119 valence electrons. The zero-order chi connectivity index (χ0) is 16.3. The lowest BCUT2D eigenvalue weighted by molar-refractivity contribution is -0.000829. The van der Waals surface area contributed by atoms with Gasteiger partial charge >= 0.3 is 6.09 Å². The first-order chi connectivity index (χ1) is 10.3. The van der Waals surface area contributed by atoms with E-state index < -0.39 is 5.60 Å². The van der Waals surface area contributed by atoms with Gasteiger partial charge in [0.25, 0.3) is 0 Å². The van der Waals surface area contributed by atoms with Gasteiger partial charge in [-0.05, 0) is 38.3 Å².